The molecule has 104 valence electrons. The van der Waals surface area contributed by atoms with Gasteiger partial charge in [0.05, 0.1) is 11.4 Å². The summed E-state index contributed by atoms with van der Waals surface area (Å²) in [6.45, 7) is 4.47. The Bertz CT molecular complexity index is 606. The van der Waals surface area contributed by atoms with Crippen molar-refractivity contribution in [1.29, 1.82) is 0 Å². The van der Waals surface area contributed by atoms with Crippen LogP contribution in [-0.4, -0.2) is 6.03 Å². The van der Waals surface area contributed by atoms with Crippen LogP contribution in [0.15, 0.2) is 42.5 Å². The molecule has 0 atom stereocenters. The predicted molar refractivity (Wildman–Crippen MR) is 82.6 cm³/mol. The second-order valence-corrected chi connectivity index (χ2v) is 4.88. The first-order valence-corrected chi connectivity index (χ1v) is 6.51. The highest BCUT2D eigenvalue weighted by molar-refractivity contribution is 5.92. The lowest BCUT2D eigenvalue weighted by molar-refractivity contribution is 0.252. The lowest BCUT2D eigenvalue weighted by Crippen LogP contribution is -2.28. The van der Waals surface area contributed by atoms with Gasteiger partial charge in [0.2, 0.25) is 0 Å². The molecule has 0 spiro atoms. The highest BCUT2D eigenvalue weighted by Gasteiger charge is 2.05. The molecule has 0 aliphatic carbocycles. The second kappa shape index (κ2) is 6.10. The smallest absolute Gasteiger partial charge is 0.319 e. The molecule has 2 rings (SSSR count). The molecule has 0 bridgehead atoms. The molecular weight excluding hydrogens is 250 g/mol. The number of hydrogen-bond acceptors (Lipinski definition) is 2. The summed E-state index contributed by atoms with van der Waals surface area (Å²) in [4.78, 5) is 11.8. The van der Waals surface area contributed by atoms with Crippen LogP contribution in [0.5, 0.6) is 0 Å². The number of rotatable bonds is 3. The number of nitrogens with one attached hydrogen (secondary N) is 2. The van der Waals surface area contributed by atoms with E-state index < -0.39 is 0 Å². The molecule has 0 heterocycles. The van der Waals surface area contributed by atoms with E-state index in [0.29, 0.717) is 17.9 Å². The van der Waals surface area contributed by atoms with E-state index in [-0.39, 0.29) is 6.03 Å². The number of nitrogen functional groups attached to an aromatic ring is 1. The van der Waals surface area contributed by atoms with Crippen LogP contribution < -0.4 is 16.4 Å². The van der Waals surface area contributed by atoms with Crippen LogP contribution in [0.2, 0.25) is 0 Å². The second-order valence-electron chi connectivity index (χ2n) is 4.88. The summed E-state index contributed by atoms with van der Waals surface area (Å²) in [5, 5.41) is 5.57. The van der Waals surface area contributed by atoms with Gasteiger partial charge in [-0.1, -0.05) is 35.9 Å². The van der Waals surface area contributed by atoms with E-state index in [0.717, 1.165) is 11.1 Å². The standard InChI is InChI=1S/C16H19N3O/c1-11-3-6-13(7-4-11)10-18-16(20)19-15-9-12(2)5-8-14(15)17/h3-9H,10,17H2,1-2H3,(H2,18,19,20). The SMILES string of the molecule is Cc1ccc(CNC(=O)Nc2cc(C)ccc2N)cc1. The van der Waals surface area contributed by atoms with Crippen molar-refractivity contribution in [1.82, 2.24) is 5.32 Å². The summed E-state index contributed by atoms with van der Waals surface area (Å²) in [6, 6.07) is 13.3. The fourth-order valence-electron chi connectivity index (χ4n) is 1.83. The largest absolute Gasteiger partial charge is 0.397 e. The highest BCUT2D eigenvalue weighted by Crippen LogP contribution is 2.19. The van der Waals surface area contributed by atoms with E-state index in [2.05, 4.69) is 10.6 Å². The first kappa shape index (κ1) is 13.9. The maximum atomic E-state index is 11.8. The van der Waals surface area contributed by atoms with Crippen molar-refractivity contribution in [3.63, 3.8) is 0 Å². The number of nitrogens with two attached hydrogens (primary N) is 1. The van der Waals surface area contributed by atoms with Gasteiger partial charge < -0.3 is 16.4 Å². The minimum atomic E-state index is -0.261. The molecule has 0 unspecified atom stereocenters. The van der Waals surface area contributed by atoms with Crippen molar-refractivity contribution in [3.05, 3.63) is 59.2 Å². The number of urea groups is 1. The summed E-state index contributed by atoms with van der Waals surface area (Å²) in [5.74, 6) is 0. The Labute approximate surface area is 119 Å². The molecule has 0 saturated heterocycles. The molecule has 20 heavy (non-hydrogen) atoms. The summed E-state index contributed by atoms with van der Waals surface area (Å²) >= 11 is 0. The van der Waals surface area contributed by atoms with E-state index in [9.17, 15) is 4.79 Å². The Balaban J connectivity index is 1.92. The Hall–Kier alpha value is -2.49. The minimum absolute atomic E-state index is 0.261. The van der Waals surface area contributed by atoms with E-state index >= 15 is 0 Å². The molecule has 0 radical (unpaired) electrons. The number of carbonyl (C=O) groups excluding carboxylic acids is 1. The average Bonchev–Trinajstić information content (AvgIpc) is 2.42. The molecule has 2 aromatic rings. The molecule has 0 saturated carbocycles. The quantitative estimate of drug-likeness (QED) is 0.749. The number of anilines is 2. The monoisotopic (exact) mass is 269 g/mol. The van der Waals surface area contributed by atoms with Crippen LogP contribution in [0.3, 0.4) is 0 Å². The normalized spacial score (nSPS) is 10.1. The Morgan fingerprint density at radius 2 is 1.70 bits per heavy atom. The fourth-order valence-corrected chi connectivity index (χ4v) is 1.83. The van der Waals surface area contributed by atoms with Crippen molar-refractivity contribution in [2.45, 2.75) is 20.4 Å². The summed E-state index contributed by atoms with van der Waals surface area (Å²) in [7, 11) is 0. The topological polar surface area (TPSA) is 67.2 Å². The molecule has 0 aliphatic rings. The molecule has 4 N–H and O–H groups in total. The third-order valence-corrected chi connectivity index (χ3v) is 3.03. The van der Waals surface area contributed by atoms with Crippen LogP contribution in [0.1, 0.15) is 16.7 Å². The van der Waals surface area contributed by atoms with Gasteiger partial charge in [-0.2, -0.15) is 0 Å². The van der Waals surface area contributed by atoms with Gasteiger partial charge in [0.1, 0.15) is 0 Å². The van der Waals surface area contributed by atoms with E-state index in [1.54, 1.807) is 6.07 Å². The maximum absolute atomic E-state index is 11.8. The highest BCUT2D eigenvalue weighted by atomic mass is 16.2. The van der Waals surface area contributed by atoms with Crippen LogP contribution in [0, 0.1) is 13.8 Å². The molecule has 2 amide bonds. The molecule has 4 heteroatoms. The average molecular weight is 269 g/mol. The number of benzene rings is 2. The third kappa shape index (κ3) is 3.75. The van der Waals surface area contributed by atoms with Gasteiger partial charge in [0.15, 0.2) is 0 Å². The summed E-state index contributed by atoms with van der Waals surface area (Å²) < 4.78 is 0. The van der Waals surface area contributed by atoms with E-state index in [1.165, 1.54) is 5.56 Å². The van der Waals surface area contributed by atoms with Gasteiger partial charge in [-0.15, -0.1) is 0 Å². The van der Waals surface area contributed by atoms with Crippen LogP contribution in [-0.2, 0) is 6.54 Å². The lowest BCUT2D eigenvalue weighted by atomic mass is 10.1. The zero-order valence-electron chi connectivity index (χ0n) is 11.7. The van der Waals surface area contributed by atoms with E-state index in [4.69, 9.17) is 5.73 Å². The summed E-state index contributed by atoms with van der Waals surface area (Å²) in [6.07, 6.45) is 0. The molecule has 0 fully saturated rings. The molecular formula is C16H19N3O. The van der Waals surface area contributed by atoms with Gasteiger partial charge in [-0.25, -0.2) is 4.79 Å². The van der Waals surface area contributed by atoms with Gasteiger partial charge in [0, 0.05) is 6.54 Å². The zero-order valence-corrected chi connectivity index (χ0v) is 11.7. The number of amides is 2. The van der Waals surface area contributed by atoms with Gasteiger partial charge >= 0.3 is 6.03 Å². The van der Waals surface area contributed by atoms with E-state index in [1.807, 2.05) is 50.2 Å². The molecule has 0 aromatic heterocycles. The summed E-state index contributed by atoms with van der Waals surface area (Å²) in [5.41, 5.74) is 10.3. The van der Waals surface area contributed by atoms with Crippen molar-refractivity contribution in [3.8, 4) is 0 Å². The van der Waals surface area contributed by atoms with Crippen molar-refractivity contribution in [2.75, 3.05) is 11.1 Å². The van der Waals surface area contributed by atoms with Crippen LogP contribution in [0.25, 0.3) is 0 Å². The van der Waals surface area contributed by atoms with Gasteiger partial charge in [-0.05, 0) is 37.1 Å². The van der Waals surface area contributed by atoms with Crippen molar-refractivity contribution >= 4 is 17.4 Å². The molecule has 0 aliphatic heterocycles. The van der Waals surface area contributed by atoms with Crippen molar-refractivity contribution < 1.29 is 4.79 Å². The van der Waals surface area contributed by atoms with Gasteiger partial charge in [0.25, 0.3) is 0 Å². The van der Waals surface area contributed by atoms with Gasteiger partial charge in [-0.3, -0.25) is 0 Å². The number of aryl methyl sites for hydroxylation is 2. The fraction of sp³-hybridized carbons (Fsp3) is 0.188. The molecule has 2 aromatic carbocycles. The Morgan fingerprint density at radius 1 is 1.05 bits per heavy atom. The lowest BCUT2D eigenvalue weighted by Gasteiger charge is -2.10. The Morgan fingerprint density at radius 3 is 2.40 bits per heavy atom. The number of carbonyl (C=O) groups is 1. The minimum Gasteiger partial charge on any atom is -0.397 e. The van der Waals surface area contributed by atoms with Crippen LogP contribution in [0.4, 0.5) is 16.2 Å². The number of hydrogen-bond donors (Lipinski definition) is 3. The third-order valence-electron chi connectivity index (χ3n) is 3.03. The first-order chi connectivity index (χ1) is 9.54. The predicted octanol–water partition coefficient (Wildman–Crippen LogP) is 3.21. The van der Waals surface area contributed by atoms with Crippen molar-refractivity contribution in [2.24, 2.45) is 0 Å². The maximum Gasteiger partial charge on any atom is 0.319 e. The first-order valence-electron chi connectivity index (χ1n) is 6.51. The molecule has 4 nitrogen and oxygen atoms in total. The van der Waals surface area contributed by atoms with Crippen LogP contribution >= 0.6 is 0 Å². The Kier molecular flexibility index (Phi) is 4.25. The zero-order chi connectivity index (χ0) is 14.5.